The summed E-state index contributed by atoms with van der Waals surface area (Å²) < 4.78 is 26.7. The fraction of sp³-hybridized carbons (Fsp3) is 0.172. The molecule has 3 unspecified atom stereocenters. The normalized spacial score (nSPS) is 11.8. The lowest BCUT2D eigenvalue weighted by Gasteiger charge is -2.09. The van der Waals surface area contributed by atoms with Gasteiger partial charge >= 0.3 is 5.97 Å². The molecule has 0 saturated carbocycles. The number of rotatable bonds is 16. The maximum atomic E-state index is 12.3. The number of hydrogen-bond donors (Lipinski definition) is 7. The number of hydrogen-bond acceptors (Lipinski definition) is 23. The van der Waals surface area contributed by atoms with E-state index in [1.165, 1.54) is 31.9 Å². The number of nitriles is 1. The van der Waals surface area contributed by atoms with Crippen LogP contribution in [0.15, 0.2) is 156 Å². The minimum atomic E-state index is -0.515. The Kier molecular flexibility index (Phi) is 20.6. The number of nitrogens with one attached hydrogen (secondary N) is 5. The predicted octanol–water partition coefficient (Wildman–Crippen LogP) is 5.58. The molecule has 8 heterocycles. The van der Waals surface area contributed by atoms with E-state index in [1.54, 1.807) is 109 Å². The lowest BCUT2D eigenvalue weighted by Crippen LogP contribution is -2.23. The molecular weight excluding hydrogens is 1270 g/mol. The van der Waals surface area contributed by atoms with Crippen LogP contribution < -0.4 is 47.9 Å². The number of esters is 1. The van der Waals surface area contributed by atoms with E-state index in [-0.39, 0.29) is 27.0 Å². The number of carbonyl (C=O) groups excluding carboxylic acids is 3. The van der Waals surface area contributed by atoms with Gasteiger partial charge in [-0.1, -0.05) is 47.4 Å². The highest BCUT2D eigenvalue weighted by atomic mass is 32.2. The average molecular weight is 1320 g/mol. The zero-order valence-electron chi connectivity index (χ0n) is 49.4. The largest absolute Gasteiger partial charge is 0.497 e. The first-order chi connectivity index (χ1) is 44.2. The van der Waals surface area contributed by atoms with E-state index in [0.29, 0.717) is 93.8 Å². The topological polar surface area (TPSA) is 421 Å². The van der Waals surface area contributed by atoms with E-state index in [0.717, 1.165) is 46.7 Å². The Bertz CT molecular complexity index is 5070. The number of ether oxygens (including phenoxy) is 4. The first-order valence-corrected chi connectivity index (χ1v) is 30.0. The molecule has 9 N–H and O–H groups in total. The van der Waals surface area contributed by atoms with Crippen LogP contribution in [0.4, 0.5) is 0 Å². The minimum absolute atomic E-state index is 0.243. The molecule has 3 atom stereocenters. The molecule has 470 valence electrons. The molecule has 4 aromatic carbocycles. The van der Waals surface area contributed by atoms with Crippen molar-refractivity contribution in [3.8, 4) is 46.1 Å². The number of nitrogens with zero attached hydrogens (tertiary/aromatic N) is 12. The van der Waals surface area contributed by atoms with Gasteiger partial charge in [0, 0.05) is 12.1 Å². The monoisotopic (exact) mass is 1320 g/mol. The van der Waals surface area contributed by atoms with Crippen molar-refractivity contribution >= 4 is 109 Å². The van der Waals surface area contributed by atoms with Crippen LogP contribution in [0.2, 0.25) is 0 Å². The van der Waals surface area contributed by atoms with Crippen molar-refractivity contribution in [1.29, 1.82) is 5.26 Å². The third-order valence-corrected chi connectivity index (χ3v) is 16.2. The highest BCUT2D eigenvalue weighted by Crippen LogP contribution is 2.27. The Hall–Kier alpha value is -11.2. The summed E-state index contributed by atoms with van der Waals surface area (Å²) in [6, 6.07) is 30.6. The lowest BCUT2D eigenvalue weighted by molar-refractivity contribution is -0.139. The van der Waals surface area contributed by atoms with Crippen LogP contribution in [-0.2, 0) is 19.1 Å². The first-order valence-electron chi connectivity index (χ1n) is 27.0. The third kappa shape index (κ3) is 14.9. The number of fused-ring (bicyclic) bond motifs is 4. The maximum absolute atomic E-state index is 12.3. The van der Waals surface area contributed by atoms with Gasteiger partial charge < -0.3 is 50.4 Å². The lowest BCUT2D eigenvalue weighted by atomic mass is 10.2. The molecule has 2 amide bonds. The second-order valence-corrected chi connectivity index (χ2v) is 23.5. The molecule has 92 heavy (non-hydrogen) atoms. The number of thioether (sulfide) groups is 3. The average Bonchev–Trinajstić information content (AvgIpc) is 1.65. The van der Waals surface area contributed by atoms with E-state index >= 15 is 0 Å². The van der Waals surface area contributed by atoms with Gasteiger partial charge in [-0.2, -0.15) is 25.7 Å². The quantitative estimate of drug-likeness (QED) is 0.0268. The van der Waals surface area contributed by atoms with E-state index in [2.05, 4.69) is 60.3 Å². The number of amides is 2. The Balaban J connectivity index is 0.000000146. The Morgan fingerprint density at radius 3 is 1.29 bits per heavy atom. The smallest absolute Gasteiger partial charge is 0.318 e. The van der Waals surface area contributed by atoms with Gasteiger partial charge in [0.2, 0.25) is 11.8 Å². The summed E-state index contributed by atoms with van der Waals surface area (Å²) in [6.07, 6.45) is 5.83. The fourth-order valence-electron chi connectivity index (χ4n) is 8.29. The molecule has 0 aliphatic heterocycles. The molecule has 0 radical (unpaired) electrons. The molecule has 0 fully saturated rings. The highest BCUT2D eigenvalue weighted by molar-refractivity contribution is 8.00. The molecule has 0 aliphatic carbocycles. The summed E-state index contributed by atoms with van der Waals surface area (Å²) in [5, 5.41) is 26.6. The molecule has 0 spiro atoms. The van der Waals surface area contributed by atoms with Gasteiger partial charge in [-0.05, 0) is 106 Å². The van der Waals surface area contributed by atoms with Crippen molar-refractivity contribution in [2.45, 2.75) is 52.0 Å². The summed E-state index contributed by atoms with van der Waals surface area (Å²) in [4.78, 5) is 109. The van der Waals surface area contributed by atoms with Crippen LogP contribution in [0.3, 0.4) is 0 Å². The molecule has 0 aliphatic rings. The van der Waals surface area contributed by atoms with Crippen molar-refractivity contribution in [1.82, 2.24) is 79.0 Å². The molecule has 0 saturated heterocycles. The molecule has 8 aromatic heterocycles. The molecule has 34 heteroatoms. The number of benzene rings is 4. The van der Waals surface area contributed by atoms with Gasteiger partial charge in [-0.15, -0.1) is 0 Å². The van der Waals surface area contributed by atoms with E-state index in [1.807, 2.05) is 54.6 Å². The number of methoxy groups -OCH3 is 4. The van der Waals surface area contributed by atoms with Crippen molar-refractivity contribution in [3.05, 3.63) is 174 Å². The predicted molar refractivity (Wildman–Crippen MR) is 346 cm³/mol. The van der Waals surface area contributed by atoms with Gasteiger partial charge in [0.05, 0.1) is 98.1 Å². The number of primary amides is 2. The van der Waals surface area contributed by atoms with Crippen LogP contribution in [0.5, 0.6) is 17.2 Å². The van der Waals surface area contributed by atoms with Gasteiger partial charge in [-0.3, -0.25) is 38.5 Å². The van der Waals surface area contributed by atoms with Crippen molar-refractivity contribution in [2.75, 3.05) is 28.4 Å². The zero-order valence-corrected chi connectivity index (χ0v) is 52.7. The minimum Gasteiger partial charge on any atom is -0.497 e. The summed E-state index contributed by atoms with van der Waals surface area (Å²) in [5.41, 5.74) is 14.5. The molecule has 12 aromatic rings. The third-order valence-electron chi connectivity index (χ3n) is 13.1. The summed E-state index contributed by atoms with van der Waals surface area (Å²) in [6.45, 7) is 4.98. The van der Waals surface area contributed by atoms with Gasteiger partial charge in [-0.25, -0.2) is 33.7 Å². The first kappa shape index (κ1) is 65.3. The Labute approximate surface area is 535 Å². The number of aromatic nitrogens is 16. The second kappa shape index (κ2) is 29.0. The fourth-order valence-corrected chi connectivity index (χ4v) is 10.8. The van der Waals surface area contributed by atoms with E-state index in [4.69, 9.17) is 47.9 Å². The maximum Gasteiger partial charge on any atom is 0.318 e. The molecule has 30 nitrogen and oxygen atoms in total. The summed E-state index contributed by atoms with van der Waals surface area (Å²) in [7, 11) is 6.05. The van der Waals surface area contributed by atoms with Crippen LogP contribution in [-0.4, -0.2) is 141 Å². The molecule has 12 rings (SSSR count). The summed E-state index contributed by atoms with van der Waals surface area (Å²) >= 11 is 8.24. The van der Waals surface area contributed by atoms with Gasteiger partial charge in [0.25, 0.3) is 22.2 Å². The second-order valence-electron chi connectivity index (χ2n) is 19.1. The molecule has 0 bridgehead atoms. The van der Waals surface area contributed by atoms with E-state index in [9.17, 15) is 33.6 Å². The number of nitrogens with two attached hydrogens (primary N) is 2. The molecular formula is C58H53N19O11S4. The number of H-pyrrole nitrogens is 5. The summed E-state index contributed by atoms with van der Waals surface area (Å²) in [5.74, 6) is 0.690. The van der Waals surface area contributed by atoms with Crippen molar-refractivity contribution in [3.63, 3.8) is 0 Å². The van der Waals surface area contributed by atoms with E-state index < -0.39 is 33.5 Å². The SMILES string of the molecule is COC(=O)C(C)Sc1nc2c(cnn2-c2cccc(OC)c2)c(=O)[nH]1.COc1ccc(-n2ncc3c(=O)[nH]c(SC(C)C(N)=O)nc32)cc1.COc1cccc(-n2ncc3c(=O)[nH]c(SC(C)C(N)=O)nc32)c1.N#Cc1ccc(-n2ncc3c(=O)[nH]c(=S)[nH]c32)cc1. The zero-order chi connectivity index (χ0) is 65.9. The standard InChI is InChI=1S/C16H16N4O4S.2C15H15N5O3S.C12H7N5OS/c1-9(15(22)24-3)25-16-18-13-12(14(21)19-16)8-17-20(13)10-5-4-6-11(7-10)23-2;1-8(12(16)21)24-15-18-13-11(14(22)19-15)7-17-20(13)9-3-5-10(23-2)6-4-9;1-8(12(16)21)24-15-18-13-11(14(22)19-15)7-17-20(13)9-4-3-5-10(6-9)23-2;13-5-7-1-3-8(4-2-7)17-10-9(6-14-17)11(18)16-12(19)15-10/h4-9H,1-3H3,(H,18,19,21);2*3-8H,1-2H3,(H2,16,21)(H,18,19,22);1-4,6H,(H2,15,16,18,19). The Morgan fingerprint density at radius 1 is 0.500 bits per heavy atom. The van der Waals surface area contributed by atoms with Gasteiger partial charge in [0.1, 0.15) is 49.7 Å². The van der Waals surface area contributed by atoms with Crippen LogP contribution >= 0.6 is 47.5 Å². The van der Waals surface area contributed by atoms with Crippen molar-refractivity contribution < 1.29 is 33.3 Å². The van der Waals surface area contributed by atoms with Gasteiger partial charge in [0.15, 0.2) is 37.2 Å². The van der Waals surface area contributed by atoms with Crippen LogP contribution in [0, 0.1) is 16.1 Å². The van der Waals surface area contributed by atoms with Crippen LogP contribution in [0.25, 0.3) is 66.9 Å². The van der Waals surface area contributed by atoms with Crippen molar-refractivity contribution in [2.24, 2.45) is 11.5 Å². The highest BCUT2D eigenvalue weighted by Gasteiger charge is 2.21. The van der Waals surface area contributed by atoms with Crippen LogP contribution in [0.1, 0.15) is 26.3 Å². The Morgan fingerprint density at radius 2 is 0.880 bits per heavy atom. The number of aromatic amines is 5. The number of carbonyl (C=O) groups is 3.